The van der Waals surface area contributed by atoms with Gasteiger partial charge < -0.3 is 10.5 Å². The highest BCUT2D eigenvalue weighted by molar-refractivity contribution is 7.89. The van der Waals surface area contributed by atoms with Gasteiger partial charge in [-0.05, 0) is 35.4 Å². The third kappa shape index (κ3) is 4.33. The van der Waals surface area contributed by atoms with E-state index in [1.165, 1.54) is 13.2 Å². The fourth-order valence-electron chi connectivity index (χ4n) is 2.08. The molecule has 0 saturated carbocycles. The summed E-state index contributed by atoms with van der Waals surface area (Å²) in [5.74, 6) is -0.699. The Labute approximate surface area is 129 Å². The van der Waals surface area contributed by atoms with Crippen LogP contribution in [0, 0.1) is 0 Å². The summed E-state index contributed by atoms with van der Waals surface area (Å²) in [4.78, 5) is 11.5. The Morgan fingerprint density at radius 3 is 2.32 bits per heavy atom. The third-order valence-electron chi connectivity index (χ3n) is 3.10. The fourth-order valence-corrected chi connectivity index (χ4v) is 3.57. The first-order valence-corrected chi connectivity index (χ1v) is 8.44. The topological polar surface area (TPSA) is 86.5 Å². The fraction of sp³-hybridized carbons (Fsp3) is 0.188. The van der Waals surface area contributed by atoms with Crippen molar-refractivity contribution in [3.63, 3.8) is 0 Å². The van der Waals surface area contributed by atoms with Gasteiger partial charge in [0.1, 0.15) is 0 Å². The van der Waals surface area contributed by atoms with E-state index in [1.807, 2.05) is 0 Å². The molecule has 0 fully saturated rings. The van der Waals surface area contributed by atoms with E-state index in [0.717, 1.165) is 0 Å². The quantitative estimate of drug-likeness (QED) is 0.674. The van der Waals surface area contributed by atoms with Crippen molar-refractivity contribution in [1.29, 1.82) is 0 Å². The highest BCUT2D eigenvalue weighted by Gasteiger charge is 2.14. The van der Waals surface area contributed by atoms with E-state index in [9.17, 15) is 13.2 Å². The number of anilines is 1. The standard InChI is InChI=1S/C16H17NO4S/c1-21-16(18)14-4-2-3-13(9-14)11-22(19,20)10-12-5-7-15(17)8-6-12/h2-9H,10-11,17H2,1H3. The molecule has 0 aliphatic heterocycles. The van der Waals surface area contributed by atoms with Crippen molar-refractivity contribution in [2.75, 3.05) is 12.8 Å². The predicted octanol–water partition coefficient (Wildman–Crippen LogP) is 2.17. The summed E-state index contributed by atoms with van der Waals surface area (Å²) in [5.41, 5.74) is 7.74. The summed E-state index contributed by atoms with van der Waals surface area (Å²) >= 11 is 0. The molecule has 2 aromatic rings. The van der Waals surface area contributed by atoms with E-state index >= 15 is 0 Å². The largest absolute Gasteiger partial charge is 0.465 e. The van der Waals surface area contributed by atoms with Gasteiger partial charge in [-0.25, -0.2) is 13.2 Å². The van der Waals surface area contributed by atoms with Gasteiger partial charge in [0.15, 0.2) is 9.84 Å². The van der Waals surface area contributed by atoms with Crippen LogP contribution >= 0.6 is 0 Å². The minimum Gasteiger partial charge on any atom is -0.465 e. The monoisotopic (exact) mass is 319 g/mol. The molecular formula is C16H17NO4S. The van der Waals surface area contributed by atoms with E-state index < -0.39 is 15.8 Å². The van der Waals surface area contributed by atoms with Crippen LogP contribution in [0.3, 0.4) is 0 Å². The molecule has 116 valence electrons. The van der Waals surface area contributed by atoms with Crippen molar-refractivity contribution >= 4 is 21.5 Å². The van der Waals surface area contributed by atoms with Crippen LogP contribution in [0.2, 0.25) is 0 Å². The van der Waals surface area contributed by atoms with Crippen LogP contribution in [0.15, 0.2) is 48.5 Å². The van der Waals surface area contributed by atoms with E-state index in [2.05, 4.69) is 4.74 Å². The maximum Gasteiger partial charge on any atom is 0.337 e. The molecule has 0 bridgehead atoms. The minimum atomic E-state index is -3.34. The lowest BCUT2D eigenvalue weighted by atomic mass is 10.1. The zero-order chi connectivity index (χ0) is 16.2. The second kappa shape index (κ2) is 6.62. The Morgan fingerprint density at radius 2 is 1.68 bits per heavy atom. The predicted molar refractivity (Wildman–Crippen MR) is 85.0 cm³/mol. The molecule has 0 spiro atoms. The number of sulfone groups is 1. The van der Waals surface area contributed by atoms with Crippen molar-refractivity contribution in [2.45, 2.75) is 11.5 Å². The molecule has 0 amide bonds. The summed E-state index contributed by atoms with van der Waals surface area (Å²) in [7, 11) is -2.06. The van der Waals surface area contributed by atoms with Crippen molar-refractivity contribution < 1.29 is 17.9 Å². The summed E-state index contributed by atoms with van der Waals surface area (Å²) in [6.07, 6.45) is 0. The van der Waals surface area contributed by atoms with Crippen molar-refractivity contribution in [1.82, 2.24) is 0 Å². The summed E-state index contributed by atoms with van der Waals surface area (Å²) in [6.45, 7) is 0. The molecule has 0 atom stereocenters. The number of esters is 1. The second-order valence-corrected chi connectivity index (χ2v) is 7.03. The Kier molecular flexibility index (Phi) is 4.82. The van der Waals surface area contributed by atoms with Crippen molar-refractivity contribution in [3.05, 3.63) is 65.2 Å². The Bertz CT molecular complexity index is 767. The summed E-state index contributed by atoms with van der Waals surface area (Å²) < 4.78 is 29.1. The van der Waals surface area contributed by atoms with Crippen LogP contribution in [0.4, 0.5) is 5.69 Å². The van der Waals surface area contributed by atoms with Gasteiger partial charge in [-0.3, -0.25) is 0 Å². The third-order valence-corrected chi connectivity index (χ3v) is 4.65. The van der Waals surface area contributed by atoms with Crippen molar-refractivity contribution in [2.24, 2.45) is 0 Å². The number of rotatable bonds is 5. The number of methoxy groups -OCH3 is 1. The zero-order valence-electron chi connectivity index (χ0n) is 12.2. The van der Waals surface area contributed by atoms with Crippen LogP contribution in [0.1, 0.15) is 21.5 Å². The van der Waals surface area contributed by atoms with Crippen LogP contribution < -0.4 is 5.73 Å². The lowest BCUT2D eigenvalue weighted by molar-refractivity contribution is 0.0600. The molecule has 0 unspecified atom stereocenters. The lowest BCUT2D eigenvalue weighted by Gasteiger charge is -2.07. The van der Waals surface area contributed by atoms with E-state index in [1.54, 1.807) is 42.5 Å². The highest BCUT2D eigenvalue weighted by atomic mass is 32.2. The molecule has 0 aliphatic carbocycles. The van der Waals surface area contributed by atoms with E-state index in [4.69, 9.17) is 5.73 Å². The Hall–Kier alpha value is -2.34. The van der Waals surface area contributed by atoms with Gasteiger partial charge in [0.25, 0.3) is 0 Å². The van der Waals surface area contributed by atoms with Crippen molar-refractivity contribution in [3.8, 4) is 0 Å². The van der Waals surface area contributed by atoms with Gasteiger partial charge in [-0.1, -0.05) is 24.3 Å². The zero-order valence-corrected chi connectivity index (χ0v) is 13.0. The molecule has 6 heteroatoms. The van der Waals surface area contributed by atoms with E-state index in [0.29, 0.717) is 22.4 Å². The number of ether oxygens (including phenoxy) is 1. The summed E-state index contributed by atoms with van der Waals surface area (Å²) in [5, 5.41) is 0. The number of hydrogen-bond acceptors (Lipinski definition) is 5. The van der Waals surface area contributed by atoms with Gasteiger partial charge in [0.05, 0.1) is 24.2 Å². The summed E-state index contributed by atoms with van der Waals surface area (Å²) in [6, 6.07) is 13.2. The molecule has 0 aliphatic rings. The molecule has 22 heavy (non-hydrogen) atoms. The number of nitrogens with two attached hydrogens (primary N) is 1. The average Bonchev–Trinajstić information content (AvgIpc) is 2.48. The number of nitrogen functional groups attached to an aromatic ring is 1. The minimum absolute atomic E-state index is 0.0737. The van der Waals surface area contributed by atoms with Crippen LogP contribution in [0.5, 0.6) is 0 Å². The van der Waals surface area contributed by atoms with Crippen LogP contribution in [0.25, 0.3) is 0 Å². The van der Waals surface area contributed by atoms with Gasteiger partial charge in [0, 0.05) is 5.69 Å². The first kappa shape index (κ1) is 16.0. The first-order chi connectivity index (χ1) is 10.4. The average molecular weight is 319 g/mol. The number of hydrogen-bond donors (Lipinski definition) is 1. The van der Waals surface area contributed by atoms with Crippen LogP contribution in [-0.2, 0) is 26.1 Å². The molecule has 2 N–H and O–H groups in total. The molecule has 2 aromatic carbocycles. The molecule has 0 heterocycles. The van der Waals surface area contributed by atoms with Gasteiger partial charge >= 0.3 is 5.97 Å². The molecule has 0 saturated heterocycles. The number of benzene rings is 2. The Morgan fingerprint density at radius 1 is 1.05 bits per heavy atom. The maximum atomic E-state index is 12.3. The maximum absolute atomic E-state index is 12.3. The normalized spacial score (nSPS) is 11.1. The number of carbonyl (C=O) groups excluding carboxylic acids is 1. The van der Waals surface area contributed by atoms with Gasteiger partial charge in [-0.2, -0.15) is 0 Å². The SMILES string of the molecule is COC(=O)c1cccc(CS(=O)(=O)Cc2ccc(N)cc2)c1. The molecular weight excluding hydrogens is 302 g/mol. The Balaban J connectivity index is 2.15. The lowest BCUT2D eigenvalue weighted by Crippen LogP contribution is -2.09. The first-order valence-electron chi connectivity index (χ1n) is 6.62. The second-order valence-electron chi connectivity index (χ2n) is 4.97. The molecule has 0 radical (unpaired) electrons. The van der Waals surface area contributed by atoms with Gasteiger partial charge in [-0.15, -0.1) is 0 Å². The molecule has 0 aromatic heterocycles. The molecule has 5 nitrogen and oxygen atoms in total. The number of carbonyl (C=O) groups is 1. The molecule has 2 rings (SSSR count). The van der Waals surface area contributed by atoms with Crippen LogP contribution in [-0.4, -0.2) is 21.5 Å². The smallest absolute Gasteiger partial charge is 0.337 e. The van der Waals surface area contributed by atoms with E-state index in [-0.39, 0.29) is 11.5 Å². The highest BCUT2D eigenvalue weighted by Crippen LogP contribution is 2.15. The van der Waals surface area contributed by atoms with Gasteiger partial charge in [0.2, 0.25) is 0 Å².